The van der Waals surface area contributed by atoms with E-state index < -0.39 is 0 Å². The lowest BCUT2D eigenvalue weighted by atomic mass is 10.2. The second-order valence-electron chi connectivity index (χ2n) is 6.94. The molecule has 1 saturated heterocycles. The van der Waals surface area contributed by atoms with E-state index in [9.17, 15) is 9.59 Å². The number of H-pyrrole nitrogens is 1. The minimum absolute atomic E-state index is 0.128. The largest absolute Gasteiger partial charge is 0.496 e. The van der Waals surface area contributed by atoms with Crippen molar-refractivity contribution in [1.82, 2.24) is 4.98 Å². The van der Waals surface area contributed by atoms with Crippen LogP contribution in [0.4, 0.5) is 11.4 Å². The summed E-state index contributed by atoms with van der Waals surface area (Å²) in [6.45, 7) is 0.729. The number of hydrogen-bond acceptors (Lipinski definition) is 5. The van der Waals surface area contributed by atoms with Gasteiger partial charge in [0.25, 0.3) is 5.91 Å². The van der Waals surface area contributed by atoms with Crippen LogP contribution in [0.2, 0.25) is 0 Å². The molecule has 2 N–H and O–H groups in total. The van der Waals surface area contributed by atoms with Crippen molar-refractivity contribution in [2.75, 3.05) is 38.1 Å². The molecule has 0 unspecified atom stereocenters. The first kappa shape index (κ1) is 19.6. The van der Waals surface area contributed by atoms with Gasteiger partial charge in [-0.3, -0.25) is 9.59 Å². The van der Waals surface area contributed by atoms with E-state index >= 15 is 0 Å². The number of aromatic amines is 1. The zero-order chi connectivity index (χ0) is 21.3. The third-order valence-corrected chi connectivity index (χ3v) is 5.20. The highest BCUT2D eigenvalue weighted by atomic mass is 16.5. The molecule has 2 heterocycles. The van der Waals surface area contributed by atoms with Crippen LogP contribution in [0.1, 0.15) is 23.3 Å². The topological polar surface area (TPSA) is 92.9 Å². The average Bonchev–Trinajstić information content (AvgIpc) is 3.39. The molecule has 0 bridgehead atoms. The van der Waals surface area contributed by atoms with Crippen molar-refractivity contribution >= 4 is 34.1 Å². The Morgan fingerprint density at radius 1 is 1.03 bits per heavy atom. The van der Waals surface area contributed by atoms with Crippen LogP contribution in [0.25, 0.3) is 10.9 Å². The van der Waals surface area contributed by atoms with Crippen LogP contribution in [0.15, 0.2) is 36.4 Å². The highest BCUT2D eigenvalue weighted by Crippen LogP contribution is 2.41. The van der Waals surface area contributed by atoms with Crippen molar-refractivity contribution in [1.29, 1.82) is 0 Å². The molecule has 8 nitrogen and oxygen atoms in total. The van der Waals surface area contributed by atoms with Gasteiger partial charge in [0, 0.05) is 35.8 Å². The summed E-state index contributed by atoms with van der Waals surface area (Å²) in [5, 5.41) is 3.58. The molecule has 30 heavy (non-hydrogen) atoms. The lowest BCUT2D eigenvalue weighted by Crippen LogP contribution is -2.23. The molecule has 1 aliphatic rings. The molecule has 2 amide bonds. The molecule has 0 saturated carbocycles. The van der Waals surface area contributed by atoms with Gasteiger partial charge in [0.2, 0.25) is 5.91 Å². The third kappa shape index (κ3) is 3.41. The van der Waals surface area contributed by atoms with Crippen molar-refractivity contribution in [2.45, 2.75) is 12.8 Å². The summed E-state index contributed by atoms with van der Waals surface area (Å²) < 4.78 is 16.2. The van der Waals surface area contributed by atoms with Gasteiger partial charge in [0.1, 0.15) is 11.4 Å². The van der Waals surface area contributed by atoms with Gasteiger partial charge in [-0.05, 0) is 36.8 Å². The fourth-order valence-corrected chi connectivity index (χ4v) is 3.70. The van der Waals surface area contributed by atoms with Crippen molar-refractivity contribution in [3.05, 3.63) is 42.1 Å². The standard InChI is InChI=1S/C22H23N3O5/c1-28-17-12-18(29-2)21(30-3)20-15(17)11-16(24-20)22(27)23-13-6-8-14(9-7-13)25-10-4-5-19(25)26/h6-9,11-12,24H,4-5,10H2,1-3H3,(H,23,27). The number of amides is 2. The molecule has 1 fully saturated rings. The lowest BCUT2D eigenvalue weighted by Gasteiger charge is -2.16. The van der Waals surface area contributed by atoms with Crippen LogP contribution in [0, 0.1) is 0 Å². The van der Waals surface area contributed by atoms with E-state index in [0.717, 1.165) is 18.7 Å². The minimum Gasteiger partial charge on any atom is -0.496 e. The molecule has 3 aromatic rings. The smallest absolute Gasteiger partial charge is 0.272 e. The summed E-state index contributed by atoms with van der Waals surface area (Å²) in [7, 11) is 4.64. The van der Waals surface area contributed by atoms with Gasteiger partial charge in [0.15, 0.2) is 11.5 Å². The molecule has 0 radical (unpaired) electrons. The molecule has 1 aliphatic heterocycles. The maximum Gasteiger partial charge on any atom is 0.272 e. The minimum atomic E-state index is -0.306. The fourth-order valence-electron chi connectivity index (χ4n) is 3.70. The highest BCUT2D eigenvalue weighted by Gasteiger charge is 2.22. The quantitative estimate of drug-likeness (QED) is 0.649. The fraction of sp³-hybridized carbons (Fsp3) is 0.273. The maximum atomic E-state index is 12.8. The van der Waals surface area contributed by atoms with Crippen LogP contribution in [-0.2, 0) is 4.79 Å². The Bertz CT molecular complexity index is 1100. The number of carbonyl (C=O) groups excluding carboxylic acids is 2. The van der Waals surface area contributed by atoms with Gasteiger partial charge in [-0.15, -0.1) is 0 Å². The highest BCUT2D eigenvalue weighted by molar-refractivity contribution is 6.08. The number of ether oxygens (including phenoxy) is 3. The van der Waals surface area contributed by atoms with Crippen LogP contribution in [0.3, 0.4) is 0 Å². The molecular formula is C22H23N3O5. The van der Waals surface area contributed by atoms with Gasteiger partial charge < -0.3 is 29.4 Å². The molecule has 0 spiro atoms. The first-order valence-corrected chi connectivity index (χ1v) is 9.59. The normalized spacial score (nSPS) is 13.6. The third-order valence-electron chi connectivity index (χ3n) is 5.20. The number of nitrogens with zero attached hydrogens (tertiary/aromatic N) is 1. The molecule has 156 valence electrons. The zero-order valence-electron chi connectivity index (χ0n) is 17.1. The lowest BCUT2D eigenvalue weighted by molar-refractivity contribution is -0.117. The van der Waals surface area contributed by atoms with Gasteiger partial charge in [-0.2, -0.15) is 0 Å². The van der Waals surface area contributed by atoms with Crippen molar-refractivity contribution in [3.63, 3.8) is 0 Å². The Kier molecular flexibility index (Phi) is 5.22. The SMILES string of the molecule is COc1cc(OC)c2cc(C(=O)Nc3ccc(N4CCCC4=O)cc3)[nH]c2c1OC. The number of benzene rings is 2. The number of anilines is 2. The van der Waals surface area contributed by atoms with Crippen LogP contribution in [-0.4, -0.2) is 44.7 Å². The Hall–Kier alpha value is -3.68. The summed E-state index contributed by atoms with van der Waals surface area (Å²) >= 11 is 0. The summed E-state index contributed by atoms with van der Waals surface area (Å²) in [4.78, 5) is 29.5. The van der Waals surface area contributed by atoms with Crippen LogP contribution < -0.4 is 24.4 Å². The molecular weight excluding hydrogens is 386 g/mol. The van der Waals surface area contributed by atoms with Gasteiger partial charge in [0.05, 0.1) is 26.8 Å². The van der Waals surface area contributed by atoms with Crippen molar-refractivity contribution < 1.29 is 23.8 Å². The second-order valence-corrected chi connectivity index (χ2v) is 6.94. The number of aromatic nitrogens is 1. The van der Waals surface area contributed by atoms with Crippen LogP contribution >= 0.6 is 0 Å². The van der Waals surface area contributed by atoms with Crippen molar-refractivity contribution in [3.8, 4) is 17.2 Å². The number of methoxy groups -OCH3 is 3. The van der Waals surface area contributed by atoms with Gasteiger partial charge in [-0.25, -0.2) is 0 Å². The van der Waals surface area contributed by atoms with E-state index in [0.29, 0.717) is 46.0 Å². The van der Waals surface area contributed by atoms with Crippen molar-refractivity contribution in [2.24, 2.45) is 0 Å². The van der Waals surface area contributed by atoms with E-state index in [-0.39, 0.29) is 11.8 Å². The number of carbonyl (C=O) groups is 2. The first-order chi connectivity index (χ1) is 14.5. The summed E-state index contributed by atoms with van der Waals surface area (Å²) in [6, 6.07) is 10.7. The Balaban J connectivity index is 1.59. The predicted octanol–water partition coefficient (Wildman–Crippen LogP) is 3.57. The van der Waals surface area contributed by atoms with Crippen LogP contribution in [0.5, 0.6) is 17.2 Å². The van der Waals surface area contributed by atoms with E-state index in [2.05, 4.69) is 10.3 Å². The Labute approximate surface area is 173 Å². The monoisotopic (exact) mass is 409 g/mol. The molecule has 0 atom stereocenters. The Morgan fingerprint density at radius 3 is 2.37 bits per heavy atom. The molecule has 0 aliphatic carbocycles. The van der Waals surface area contributed by atoms with E-state index in [1.165, 1.54) is 7.11 Å². The van der Waals surface area contributed by atoms with E-state index in [4.69, 9.17) is 14.2 Å². The molecule has 4 rings (SSSR count). The summed E-state index contributed by atoms with van der Waals surface area (Å²) in [5.74, 6) is 1.38. The predicted molar refractivity (Wildman–Crippen MR) is 114 cm³/mol. The maximum absolute atomic E-state index is 12.8. The average molecular weight is 409 g/mol. The molecule has 2 aromatic carbocycles. The summed E-state index contributed by atoms with van der Waals surface area (Å²) in [6.07, 6.45) is 1.45. The molecule has 8 heteroatoms. The summed E-state index contributed by atoms with van der Waals surface area (Å²) in [5.41, 5.74) is 2.43. The van der Waals surface area contributed by atoms with Gasteiger partial charge in [-0.1, -0.05) is 0 Å². The van der Waals surface area contributed by atoms with Gasteiger partial charge >= 0.3 is 0 Å². The zero-order valence-corrected chi connectivity index (χ0v) is 17.1. The number of hydrogen-bond donors (Lipinski definition) is 2. The van der Waals surface area contributed by atoms with E-state index in [1.807, 2.05) is 12.1 Å². The Morgan fingerprint density at radius 2 is 1.77 bits per heavy atom. The number of nitrogens with one attached hydrogen (secondary N) is 2. The second kappa shape index (κ2) is 7.98. The number of rotatable bonds is 6. The number of fused-ring (bicyclic) bond motifs is 1. The first-order valence-electron chi connectivity index (χ1n) is 9.59. The molecule has 1 aromatic heterocycles. The van der Waals surface area contributed by atoms with E-state index in [1.54, 1.807) is 43.4 Å².